The van der Waals surface area contributed by atoms with Crippen LogP contribution < -0.4 is 5.32 Å². The SMILES string of the molecule is CC(NC(c1cccs1)C(C)C)c1ncc[nH]1. The molecule has 0 saturated carbocycles. The van der Waals surface area contributed by atoms with Crippen LogP contribution >= 0.6 is 11.3 Å². The summed E-state index contributed by atoms with van der Waals surface area (Å²) in [5.74, 6) is 1.55. The Bertz CT molecular complexity index is 419. The van der Waals surface area contributed by atoms with E-state index in [9.17, 15) is 0 Å². The third-order valence-corrected chi connectivity index (χ3v) is 3.83. The van der Waals surface area contributed by atoms with Crippen molar-refractivity contribution in [2.45, 2.75) is 32.9 Å². The summed E-state index contributed by atoms with van der Waals surface area (Å²) in [6.45, 7) is 6.63. The first-order chi connectivity index (χ1) is 8.18. The Balaban J connectivity index is 2.09. The van der Waals surface area contributed by atoms with Gasteiger partial charge in [0.15, 0.2) is 0 Å². The largest absolute Gasteiger partial charge is 0.347 e. The molecule has 0 amide bonds. The lowest BCUT2D eigenvalue weighted by molar-refractivity contribution is 0.373. The molecule has 0 spiro atoms. The smallest absolute Gasteiger partial charge is 0.122 e. The quantitative estimate of drug-likeness (QED) is 0.851. The normalized spacial score (nSPS) is 15.1. The average Bonchev–Trinajstić information content (AvgIpc) is 2.97. The number of aromatic amines is 1. The number of thiophene rings is 1. The van der Waals surface area contributed by atoms with Crippen LogP contribution in [0.15, 0.2) is 29.9 Å². The van der Waals surface area contributed by atoms with Gasteiger partial charge in [-0.1, -0.05) is 19.9 Å². The zero-order valence-corrected chi connectivity index (χ0v) is 11.3. The number of imidazole rings is 1. The lowest BCUT2D eigenvalue weighted by Crippen LogP contribution is -2.28. The summed E-state index contributed by atoms with van der Waals surface area (Å²) >= 11 is 1.81. The fraction of sp³-hybridized carbons (Fsp3) is 0.462. The lowest BCUT2D eigenvalue weighted by atomic mass is 10.0. The number of H-pyrrole nitrogens is 1. The number of aromatic nitrogens is 2. The fourth-order valence-electron chi connectivity index (χ4n) is 1.93. The Morgan fingerprint density at radius 1 is 1.35 bits per heavy atom. The van der Waals surface area contributed by atoms with E-state index >= 15 is 0 Å². The summed E-state index contributed by atoms with van der Waals surface area (Å²) in [4.78, 5) is 8.84. The maximum Gasteiger partial charge on any atom is 0.122 e. The highest BCUT2D eigenvalue weighted by atomic mass is 32.1. The first-order valence-corrected chi connectivity index (χ1v) is 6.85. The van der Waals surface area contributed by atoms with Gasteiger partial charge in [0.2, 0.25) is 0 Å². The van der Waals surface area contributed by atoms with Gasteiger partial charge in [-0.05, 0) is 24.3 Å². The second-order valence-electron chi connectivity index (χ2n) is 4.60. The fourth-order valence-corrected chi connectivity index (χ4v) is 2.89. The van der Waals surface area contributed by atoms with Crippen molar-refractivity contribution < 1.29 is 0 Å². The Kier molecular flexibility index (Phi) is 3.97. The highest BCUT2D eigenvalue weighted by Crippen LogP contribution is 2.28. The van der Waals surface area contributed by atoms with Gasteiger partial charge in [0.1, 0.15) is 5.82 Å². The maximum atomic E-state index is 4.30. The molecular formula is C13H19N3S. The van der Waals surface area contributed by atoms with E-state index in [4.69, 9.17) is 0 Å². The van der Waals surface area contributed by atoms with E-state index in [1.807, 2.05) is 6.20 Å². The van der Waals surface area contributed by atoms with Crippen molar-refractivity contribution in [3.05, 3.63) is 40.6 Å². The summed E-state index contributed by atoms with van der Waals surface area (Å²) in [6.07, 6.45) is 3.66. The Labute approximate surface area is 106 Å². The van der Waals surface area contributed by atoms with Gasteiger partial charge in [-0.25, -0.2) is 4.98 Å². The summed E-state index contributed by atoms with van der Waals surface area (Å²) in [7, 11) is 0. The topological polar surface area (TPSA) is 40.7 Å². The number of nitrogens with one attached hydrogen (secondary N) is 2. The molecule has 0 bridgehead atoms. The van der Waals surface area contributed by atoms with E-state index in [0.29, 0.717) is 12.0 Å². The highest BCUT2D eigenvalue weighted by molar-refractivity contribution is 7.10. The number of nitrogens with zero attached hydrogens (tertiary/aromatic N) is 1. The minimum absolute atomic E-state index is 0.236. The number of hydrogen-bond donors (Lipinski definition) is 2. The molecule has 2 heterocycles. The molecule has 0 aliphatic carbocycles. The van der Waals surface area contributed by atoms with Crippen molar-refractivity contribution in [1.29, 1.82) is 0 Å². The molecule has 0 aliphatic heterocycles. The molecule has 4 heteroatoms. The molecular weight excluding hydrogens is 230 g/mol. The van der Waals surface area contributed by atoms with Crippen molar-refractivity contribution in [2.75, 3.05) is 0 Å². The minimum Gasteiger partial charge on any atom is -0.347 e. The molecule has 2 aromatic rings. The molecule has 92 valence electrons. The molecule has 2 rings (SSSR count). The molecule has 2 atom stereocenters. The molecule has 2 unspecified atom stereocenters. The molecule has 3 nitrogen and oxygen atoms in total. The van der Waals surface area contributed by atoms with E-state index < -0.39 is 0 Å². The first kappa shape index (κ1) is 12.3. The van der Waals surface area contributed by atoms with Crippen LogP contribution in [0.1, 0.15) is 43.6 Å². The molecule has 17 heavy (non-hydrogen) atoms. The third kappa shape index (κ3) is 2.96. The van der Waals surface area contributed by atoms with Crippen LogP contribution in [0, 0.1) is 5.92 Å². The molecule has 2 N–H and O–H groups in total. The second kappa shape index (κ2) is 5.47. The average molecular weight is 249 g/mol. The van der Waals surface area contributed by atoms with E-state index in [2.05, 4.69) is 53.6 Å². The van der Waals surface area contributed by atoms with Gasteiger partial charge in [-0.3, -0.25) is 5.32 Å². The second-order valence-corrected chi connectivity index (χ2v) is 5.58. The zero-order chi connectivity index (χ0) is 12.3. The predicted octanol–water partition coefficient (Wildman–Crippen LogP) is 3.52. The molecule has 0 fully saturated rings. The van der Waals surface area contributed by atoms with Crippen LogP contribution in [0.4, 0.5) is 0 Å². The van der Waals surface area contributed by atoms with Crippen molar-refractivity contribution in [1.82, 2.24) is 15.3 Å². The Morgan fingerprint density at radius 2 is 2.18 bits per heavy atom. The van der Waals surface area contributed by atoms with Crippen LogP contribution in [0.2, 0.25) is 0 Å². The molecule has 0 aliphatic rings. The predicted molar refractivity (Wildman–Crippen MR) is 72.0 cm³/mol. The standard InChI is InChI=1S/C13H19N3S/c1-9(2)12(11-5-4-8-17-11)16-10(3)13-14-6-7-15-13/h4-10,12,16H,1-3H3,(H,14,15). The van der Waals surface area contributed by atoms with Crippen molar-refractivity contribution >= 4 is 11.3 Å². The maximum absolute atomic E-state index is 4.30. The van der Waals surface area contributed by atoms with Gasteiger partial charge in [0.25, 0.3) is 0 Å². The van der Waals surface area contributed by atoms with Crippen molar-refractivity contribution in [3.8, 4) is 0 Å². The van der Waals surface area contributed by atoms with E-state index in [-0.39, 0.29) is 6.04 Å². The number of rotatable bonds is 5. The van der Waals surface area contributed by atoms with Gasteiger partial charge < -0.3 is 4.98 Å². The third-order valence-electron chi connectivity index (χ3n) is 2.88. The van der Waals surface area contributed by atoms with E-state index in [0.717, 1.165) is 5.82 Å². The van der Waals surface area contributed by atoms with Gasteiger partial charge in [0.05, 0.1) is 6.04 Å². The zero-order valence-electron chi connectivity index (χ0n) is 10.5. The lowest BCUT2D eigenvalue weighted by Gasteiger charge is -2.24. The molecule has 0 radical (unpaired) electrons. The van der Waals surface area contributed by atoms with Gasteiger partial charge in [-0.15, -0.1) is 11.3 Å². The van der Waals surface area contributed by atoms with Crippen LogP contribution in [-0.2, 0) is 0 Å². The van der Waals surface area contributed by atoms with E-state index in [1.165, 1.54) is 4.88 Å². The van der Waals surface area contributed by atoms with Crippen molar-refractivity contribution in [3.63, 3.8) is 0 Å². The number of hydrogen-bond acceptors (Lipinski definition) is 3. The minimum atomic E-state index is 0.236. The summed E-state index contributed by atoms with van der Waals surface area (Å²) in [6, 6.07) is 4.92. The highest BCUT2D eigenvalue weighted by Gasteiger charge is 2.20. The first-order valence-electron chi connectivity index (χ1n) is 5.97. The summed E-state index contributed by atoms with van der Waals surface area (Å²) in [5, 5.41) is 5.77. The van der Waals surface area contributed by atoms with Crippen LogP contribution in [0.3, 0.4) is 0 Å². The van der Waals surface area contributed by atoms with Crippen LogP contribution in [0.25, 0.3) is 0 Å². The van der Waals surface area contributed by atoms with E-state index in [1.54, 1.807) is 17.5 Å². The summed E-state index contributed by atoms with van der Waals surface area (Å²) in [5.41, 5.74) is 0. The van der Waals surface area contributed by atoms with Gasteiger partial charge in [-0.2, -0.15) is 0 Å². The van der Waals surface area contributed by atoms with Gasteiger partial charge in [0, 0.05) is 23.3 Å². The van der Waals surface area contributed by atoms with Crippen LogP contribution in [0.5, 0.6) is 0 Å². The molecule has 0 saturated heterocycles. The Morgan fingerprint density at radius 3 is 2.71 bits per heavy atom. The van der Waals surface area contributed by atoms with Gasteiger partial charge >= 0.3 is 0 Å². The Hall–Kier alpha value is -1.13. The van der Waals surface area contributed by atoms with Crippen molar-refractivity contribution in [2.24, 2.45) is 5.92 Å². The molecule has 2 aromatic heterocycles. The summed E-state index contributed by atoms with van der Waals surface area (Å²) < 4.78 is 0. The van der Waals surface area contributed by atoms with Crippen LogP contribution in [-0.4, -0.2) is 9.97 Å². The monoisotopic (exact) mass is 249 g/mol. The molecule has 0 aromatic carbocycles.